The normalized spacial score (nSPS) is 13.2. The number of guanidine groups is 1. The third-order valence-electron chi connectivity index (χ3n) is 5.63. The molecule has 0 amide bonds. The van der Waals surface area contributed by atoms with Crippen LogP contribution >= 0.6 is 24.0 Å². The van der Waals surface area contributed by atoms with Crippen LogP contribution in [0.4, 0.5) is 4.39 Å². The molecule has 2 aromatic carbocycles. The molecule has 33 heavy (non-hydrogen) atoms. The molecule has 0 atom stereocenters. The second-order valence-corrected chi connectivity index (χ2v) is 7.60. The maximum absolute atomic E-state index is 13.1. The lowest BCUT2D eigenvalue weighted by Gasteiger charge is -2.32. The maximum Gasteiger partial charge on any atom is 0.193 e. The first-order chi connectivity index (χ1) is 15.6. The van der Waals surface area contributed by atoms with E-state index in [4.69, 9.17) is 9.47 Å². The van der Waals surface area contributed by atoms with Crippen LogP contribution < -0.4 is 14.8 Å². The zero-order valence-corrected chi connectivity index (χ0v) is 21.4. The summed E-state index contributed by atoms with van der Waals surface area (Å²) in [5.41, 5.74) is 4.29. The van der Waals surface area contributed by atoms with Crippen LogP contribution in [0, 0.1) is 5.82 Å². The molecule has 4 rings (SSSR count). The lowest BCUT2D eigenvalue weighted by molar-refractivity contribution is 0.346. The van der Waals surface area contributed by atoms with Gasteiger partial charge in [0.05, 0.1) is 25.6 Å². The van der Waals surface area contributed by atoms with Crippen molar-refractivity contribution in [2.45, 2.75) is 19.4 Å². The molecule has 2 heterocycles. The van der Waals surface area contributed by atoms with Crippen LogP contribution in [0.2, 0.25) is 0 Å². The minimum atomic E-state index is -0.255. The van der Waals surface area contributed by atoms with Gasteiger partial charge in [-0.3, -0.25) is 4.99 Å². The van der Waals surface area contributed by atoms with Gasteiger partial charge in [-0.15, -0.1) is 24.0 Å². The molecule has 3 aromatic rings. The topological polar surface area (TPSA) is 63.9 Å². The van der Waals surface area contributed by atoms with Crippen molar-refractivity contribution in [3.8, 4) is 17.2 Å². The number of nitrogens with zero attached hydrogens (tertiary/aromatic N) is 4. The molecular weight excluding hydrogens is 536 g/mol. The molecule has 1 aliphatic heterocycles. The molecule has 1 N–H and O–H groups in total. The standard InChI is InChI=1S/C24H28FN5O2.HI/c1-26-24(29-12-9-17-14-22(31-2)23(32-3)15-18(17)16-29)27-11-8-20-10-13-30(28-20)21-6-4-19(25)5-7-21;/h4-7,10,13-15H,8-9,11-12,16H2,1-3H3,(H,26,27);1H. The Balaban J connectivity index is 0.00000306. The van der Waals surface area contributed by atoms with Crippen molar-refractivity contribution < 1.29 is 13.9 Å². The molecule has 0 saturated heterocycles. The number of hydrogen-bond acceptors (Lipinski definition) is 4. The van der Waals surface area contributed by atoms with Gasteiger partial charge < -0.3 is 19.7 Å². The van der Waals surface area contributed by atoms with Gasteiger partial charge in [0.1, 0.15) is 5.82 Å². The zero-order chi connectivity index (χ0) is 22.5. The van der Waals surface area contributed by atoms with Crippen LogP contribution in [0.3, 0.4) is 0 Å². The fourth-order valence-electron chi connectivity index (χ4n) is 3.93. The van der Waals surface area contributed by atoms with Crippen molar-refractivity contribution in [3.05, 3.63) is 71.3 Å². The molecular formula is C24H29FIN5O2. The first-order valence-electron chi connectivity index (χ1n) is 10.6. The summed E-state index contributed by atoms with van der Waals surface area (Å²) in [6, 6.07) is 12.4. The van der Waals surface area contributed by atoms with Gasteiger partial charge in [0.15, 0.2) is 17.5 Å². The third kappa shape index (κ3) is 5.76. The van der Waals surface area contributed by atoms with Crippen LogP contribution in [-0.2, 0) is 19.4 Å². The van der Waals surface area contributed by atoms with E-state index in [-0.39, 0.29) is 29.8 Å². The van der Waals surface area contributed by atoms with E-state index in [1.165, 1.54) is 23.3 Å². The van der Waals surface area contributed by atoms with Crippen molar-refractivity contribution in [1.82, 2.24) is 20.0 Å². The summed E-state index contributed by atoms with van der Waals surface area (Å²) < 4.78 is 25.8. The summed E-state index contributed by atoms with van der Waals surface area (Å²) in [5, 5.41) is 8.03. The first kappa shape index (κ1) is 24.8. The first-order valence-corrected chi connectivity index (χ1v) is 10.6. The fraction of sp³-hybridized carbons (Fsp3) is 0.333. The van der Waals surface area contributed by atoms with Crippen LogP contribution in [0.5, 0.6) is 11.5 Å². The summed E-state index contributed by atoms with van der Waals surface area (Å²) >= 11 is 0. The number of hydrogen-bond donors (Lipinski definition) is 1. The number of aliphatic imine (C=N–C) groups is 1. The lowest BCUT2D eigenvalue weighted by Crippen LogP contribution is -2.44. The van der Waals surface area contributed by atoms with Gasteiger partial charge in [0.25, 0.3) is 0 Å². The van der Waals surface area contributed by atoms with Crippen LogP contribution in [0.25, 0.3) is 5.69 Å². The molecule has 0 spiro atoms. The minimum absolute atomic E-state index is 0. The molecule has 0 radical (unpaired) electrons. The molecule has 0 saturated carbocycles. The van der Waals surface area contributed by atoms with E-state index >= 15 is 0 Å². The Labute approximate surface area is 210 Å². The fourth-order valence-corrected chi connectivity index (χ4v) is 3.93. The number of benzene rings is 2. The van der Waals surface area contributed by atoms with E-state index in [1.807, 2.05) is 12.3 Å². The second-order valence-electron chi connectivity index (χ2n) is 7.60. The van der Waals surface area contributed by atoms with Crippen molar-refractivity contribution in [2.24, 2.45) is 4.99 Å². The Kier molecular flexibility index (Phi) is 8.54. The number of halogens is 2. The Hall–Kier alpha value is -2.82. The Bertz CT molecular complexity index is 1100. The SMILES string of the molecule is CN=C(NCCc1ccn(-c2ccc(F)cc2)n1)N1CCc2cc(OC)c(OC)cc2C1.I. The van der Waals surface area contributed by atoms with Gasteiger partial charge >= 0.3 is 0 Å². The van der Waals surface area contributed by atoms with E-state index in [0.717, 1.165) is 54.8 Å². The minimum Gasteiger partial charge on any atom is -0.493 e. The summed E-state index contributed by atoms with van der Waals surface area (Å²) in [7, 11) is 5.12. The van der Waals surface area contributed by atoms with Crippen LogP contribution in [0.1, 0.15) is 16.8 Å². The van der Waals surface area contributed by atoms with Crippen molar-refractivity contribution in [1.29, 1.82) is 0 Å². The van der Waals surface area contributed by atoms with Crippen molar-refractivity contribution in [2.75, 3.05) is 34.4 Å². The van der Waals surface area contributed by atoms with Crippen LogP contribution in [-0.4, -0.2) is 55.0 Å². The quantitative estimate of drug-likeness (QED) is 0.280. The lowest BCUT2D eigenvalue weighted by atomic mass is 9.99. The van der Waals surface area contributed by atoms with Gasteiger partial charge in [-0.05, 0) is 60.0 Å². The highest BCUT2D eigenvalue weighted by Gasteiger charge is 2.21. The Morgan fingerprint density at radius 3 is 2.45 bits per heavy atom. The third-order valence-corrected chi connectivity index (χ3v) is 5.63. The van der Waals surface area contributed by atoms with Gasteiger partial charge in [0, 0.05) is 39.3 Å². The van der Waals surface area contributed by atoms with Crippen molar-refractivity contribution in [3.63, 3.8) is 0 Å². The summed E-state index contributed by atoms with van der Waals surface area (Å²) in [6.45, 7) is 2.35. The highest BCUT2D eigenvalue weighted by Crippen LogP contribution is 2.33. The number of methoxy groups -OCH3 is 2. The number of fused-ring (bicyclic) bond motifs is 1. The number of ether oxygens (including phenoxy) is 2. The molecule has 1 aliphatic rings. The molecule has 0 fully saturated rings. The number of nitrogens with one attached hydrogen (secondary N) is 1. The molecule has 0 aliphatic carbocycles. The number of aromatic nitrogens is 2. The molecule has 9 heteroatoms. The molecule has 176 valence electrons. The van der Waals surface area contributed by atoms with Crippen molar-refractivity contribution >= 4 is 29.9 Å². The average molecular weight is 565 g/mol. The summed E-state index contributed by atoms with van der Waals surface area (Å²) in [5.74, 6) is 2.12. The molecule has 1 aromatic heterocycles. The molecule has 0 unspecified atom stereocenters. The average Bonchev–Trinajstić information content (AvgIpc) is 3.30. The molecule has 0 bridgehead atoms. The van der Waals surface area contributed by atoms with Gasteiger partial charge in [-0.1, -0.05) is 0 Å². The van der Waals surface area contributed by atoms with E-state index in [1.54, 1.807) is 38.1 Å². The highest BCUT2D eigenvalue weighted by atomic mass is 127. The van der Waals surface area contributed by atoms with Gasteiger partial charge in [-0.2, -0.15) is 5.10 Å². The predicted molar refractivity (Wildman–Crippen MR) is 138 cm³/mol. The predicted octanol–water partition coefficient (Wildman–Crippen LogP) is 3.82. The monoisotopic (exact) mass is 565 g/mol. The highest BCUT2D eigenvalue weighted by molar-refractivity contribution is 14.0. The number of rotatable bonds is 6. The largest absolute Gasteiger partial charge is 0.493 e. The van der Waals surface area contributed by atoms with E-state index in [9.17, 15) is 4.39 Å². The summed E-state index contributed by atoms with van der Waals surface area (Å²) in [6.07, 6.45) is 3.56. The zero-order valence-electron chi connectivity index (χ0n) is 19.0. The van der Waals surface area contributed by atoms with E-state index < -0.39 is 0 Å². The maximum atomic E-state index is 13.1. The second kappa shape index (κ2) is 11.4. The molecule has 7 nitrogen and oxygen atoms in total. The Morgan fingerprint density at radius 2 is 1.79 bits per heavy atom. The summed E-state index contributed by atoms with van der Waals surface area (Å²) in [4.78, 5) is 6.71. The van der Waals surface area contributed by atoms with Gasteiger partial charge in [0.2, 0.25) is 0 Å². The smallest absolute Gasteiger partial charge is 0.193 e. The van der Waals surface area contributed by atoms with E-state index in [0.29, 0.717) is 6.54 Å². The van der Waals surface area contributed by atoms with Crippen LogP contribution in [0.15, 0.2) is 53.7 Å². The Morgan fingerprint density at radius 1 is 1.09 bits per heavy atom. The van der Waals surface area contributed by atoms with Gasteiger partial charge in [-0.25, -0.2) is 9.07 Å². The van der Waals surface area contributed by atoms with E-state index in [2.05, 4.69) is 32.4 Å².